The average Bonchev–Trinajstić information content (AvgIpc) is 2.32. The van der Waals surface area contributed by atoms with Crippen LogP contribution in [0.4, 0.5) is 14.5 Å². The number of benzene rings is 1. The molecule has 9 heteroatoms. The highest BCUT2D eigenvalue weighted by Gasteiger charge is 2.18. The monoisotopic (exact) mass is 382 g/mol. The molecule has 2 rings (SSSR count). The fourth-order valence-electron chi connectivity index (χ4n) is 1.38. The van der Waals surface area contributed by atoms with Crippen LogP contribution in [-0.2, 0) is 10.0 Å². The third kappa shape index (κ3) is 3.44. The molecule has 0 saturated heterocycles. The predicted octanol–water partition coefficient (Wildman–Crippen LogP) is 3.58. The van der Waals surface area contributed by atoms with Gasteiger partial charge >= 0.3 is 0 Å². The van der Waals surface area contributed by atoms with Gasteiger partial charge in [-0.25, -0.2) is 22.2 Å². The Morgan fingerprint density at radius 2 is 1.75 bits per heavy atom. The zero-order valence-electron chi connectivity index (χ0n) is 9.57. The fourth-order valence-corrected chi connectivity index (χ4v) is 3.02. The summed E-state index contributed by atoms with van der Waals surface area (Å²) in [5.74, 6) is -1.99. The summed E-state index contributed by atoms with van der Waals surface area (Å²) >= 11 is 8.85. The number of halogens is 4. The molecule has 0 saturated carbocycles. The molecule has 0 aliphatic heterocycles. The molecule has 0 atom stereocenters. The quantitative estimate of drug-likeness (QED) is 0.824. The minimum Gasteiger partial charge on any atom is -0.276 e. The van der Waals surface area contributed by atoms with Crippen molar-refractivity contribution in [1.82, 2.24) is 4.98 Å². The van der Waals surface area contributed by atoms with E-state index >= 15 is 0 Å². The highest BCUT2D eigenvalue weighted by atomic mass is 79.9. The van der Waals surface area contributed by atoms with Gasteiger partial charge in [0.2, 0.25) is 0 Å². The molecule has 0 unspecified atom stereocenters. The Bertz CT molecular complexity index is 751. The van der Waals surface area contributed by atoms with Crippen LogP contribution in [0.1, 0.15) is 0 Å². The molecule has 106 valence electrons. The van der Waals surface area contributed by atoms with Gasteiger partial charge in [0.15, 0.2) is 5.15 Å². The molecule has 4 nitrogen and oxygen atoms in total. The molecule has 1 aromatic carbocycles. The van der Waals surface area contributed by atoms with Crippen LogP contribution >= 0.6 is 27.5 Å². The molecule has 0 amide bonds. The summed E-state index contributed by atoms with van der Waals surface area (Å²) < 4.78 is 52.8. The Labute approximate surface area is 127 Å². The molecule has 0 radical (unpaired) electrons. The largest absolute Gasteiger partial charge is 0.276 e. The van der Waals surface area contributed by atoms with Crippen LogP contribution in [-0.4, -0.2) is 13.4 Å². The predicted molar refractivity (Wildman–Crippen MR) is 74.1 cm³/mol. The van der Waals surface area contributed by atoms with Crippen molar-refractivity contribution in [2.45, 2.75) is 4.90 Å². The first-order valence-corrected chi connectivity index (χ1v) is 7.73. The van der Waals surface area contributed by atoms with Gasteiger partial charge in [0.05, 0.1) is 10.6 Å². The lowest BCUT2D eigenvalue weighted by atomic mass is 10.3. The number of rotatable bonds is 3. The molecule has 0 fully saturated rings. The molecule has 1 N–H and O–H groups in total. The van der Waals surface area contributed by atoms with E-state index in [1.165, 1.54) is 12.3 Å². The standard InChI is InChI=1S/C11H6BrClF2N2O2S/c12-6-1-10(11(13)16-5-6)17-20(18,19)9-3-7(14)2-8(15)4-9/h1-5,17H. The van der Waals surface area contributed by atoms with Gasteiger partial charge in [0, 0.05) is 16.7 Å². The summed E-state index contributed by atoms with van der Waals surface area (Å²) in [5.41, 5.74) is -0.00860. The number of sulfonamides is 1. The van der Waals surface area contributed by atoms with Gasteiger partial charge in [-0.3, -0.25) is 4.72 Å². The Morgan fingerprint density at radius 3 is 2.35 bits per heavy atom. The summed E-state index contributed by atoms with van der Waals surface area (Å²) in [6, 6.07) is 3.35. The lowest BCUT2D eigenvalue weighted by Gasteiger charge is -2.09. The number of hydrogen-bond acceptors (Lipinski definition) is 3. The van der Waals surface area contributed by atoms with Gasteiger partial charge in [0.1, 0.15) is 11.6 Å². The van der Waals surface area contributed by atoms with E-state index in [2.05, 4.69) is 25.6 Å². The SMILES string of the molecule is O=S(=O)(Nc1cc(Br)cnc1Cl)c1cc(F)cc(F)c1. The molecule has 1 heterocycles. The minimum absolute atomic E-state index is 0.00860. The van der Waals surface area contributed by atoms with Crippen molar-refractivity contribution < 1.29 is 17.2 Å². The van der Waals surface area contributed by atoms with Crippen molar-refractivity contribution in [2.75, 3.05) is 4.72 Å². The van der Waals surface area contributed by atoms with Crippen molar-refractivity contribution in [2.24, 2.45) is 0 Å². The van der Waals surface area contributed by atoms with E-state index in [4.69, 9.17) is 11.6 Å². The molecular weight excluding hydrogens is 378 g/mol. The van der Waals surface area contributed by atoms with Crippen LogP contribution in [0.3, 0.4) is 0 Å². The molecule has 0 spiro atoms. The number of pyridine rings is 1. The lowest BCUT2D eigenvalue weighted by molar-refractivity contribution is 0.568. The van der Waals surface area contributed by atoms with Crippen molar-refractivity contribution in [3.8, 4) is 0 Å². The summed E-state index contributed by atoms with van der Waals surface area (Å²) in [7, 11) is -4.17. The zero-order chi connectivity index (χ0) is 14.9. The Hall–Kier alpha value is -1.25. The summed E-state index contributed by atoms with van der Waals surface area (Å²) in [6.45, 7) is 0. The third-order valence-electron chi connectivity index (χ3n) is 2.20. The second-order valence-corrected chi connectivity index (χ2v) is 6.66. The normalized spacial score (nSPS) is 11.4. The van der Waals surface area contributed by atoms with Crippen LogP contribution in [0.5, 0.6) is 0 Å². The molecule has 0 bridgehead atoms. The van der Waals surface area contributed by atoms with Crippen LogP contribution in [0.25, 0.3) is 0 Å². The second kappa shape index (κ2) is 5.63. The van der Waals surface area contributed by atoms with E-state index in [-0.39, 0.29) is 10.8 Å². The number of hydrogen-bond donors (Lipinski definition) is 1. The number of aromatic nitrogens is 1. The van der Waals surface area contributed by atoms with Gasteiger partial charge < -0.3 is 0 Å². The van der Waals surface area contributed by atoms with Crippen LogP contribution < -0.4 is 4.72 Å². The smallest absolute Gasteiger partial charge is 0.262 e. The van der Waals surface area contributed by atoms with Gasteiger partial charge in [-0.15, -0.1) is 0 Å². The van der Waals surface area contributed by atoms with E-state index in [9.17, 15) is 17.2 Å². The van der Waals surface area contributed by atoms with Crippen LogP contribution in [0.15, 0.2) is 39.8 Å². The molecule has 0 aliphatic carbocycles. The van der Waals surface area contributed by atoms with Crippen molar-refractivity contribution in [3.63, 3.8) is 0 Å². The van der Waals surface area contributed by atoms with E-state index in [1.807, 2.05) is 0 Å². The van der Waals surface area contributed by atoms with Crippen molar-refractivity contribution >= 4 is 43.2 Å². The van der Waals surface area contributed by atoms with Crippen molar-refractivity contribution in [1.29, 1.82) is 0 Å². The number of nitrogens with one attached hydrogen (secondary N) is 1. The zero-order valence-corrected chi connectivity index (χ0v) is 12.7. The molecular formula is C11H6BrClF2N2O2S. The molecule has 2 aromatic rings. The highest BCUT2D eigenvalue weighted by molar-refractivity contribution is 9.10. The number of anilines is 1. The molecule has 0 aliphatic rings. The average molecular weight is 384 g/mol. The first-order chi connectivity index (χ1) is 9.28. The Kier molecular flexibility index (Phi) is 4.26. The maximum Gasteiger partial charge on any atom is 0.262 e. The maximum absolute atomic E-state index is 13.1. The van der Waals surface area contributed by atoms with Crippen LogP contribution in [0, 0.1) is 11.6 Å². The van der Waals surface area contributed by atoms with Crippen molar-refractivity contribution in [3.05, 3.63) is 51.7 Å². The number of nitrogens with zero attached hydrogens (tertiary/aromatic N) is 1. The Balaban J connectivity index is 2.43. The van der Waals surface area contributed by atoms with E-state index in [1.54, 1.807) is 0 Å². The van der Waals surface area contributed by atoms with Gasteiger partial charge in [-0.1, -0.05) is 11.6 Å². The Morgan fingerprint density at radius 1 is 1.15 bits per heavy atom. The topological polar surface area (TPSA) is 59.1 Å². The third-order valence-corrected chi connectivity index (χ3v) is 4.28. The maximum atomic E-state index is 13.1. The van der Waals surface area contributed by atoms with E-state index in [0.29, 0.717) is 22.7 Å². The van der Waals surface area contributed by atoms with Crippen LogP contribution in [0.2, 0.25) is 5.15 Å². The summed E-state index contributed by atoms with van der Waals surface area (Å²) in [6.07, 6.45) is 1.38. The first-order valence-electron chi connectivity index (χ1n) is 5.08. The molecule has 1 aromatic heterocycles. The minimum atomic E-state index is -4.17. The van der Waals surface area contributed by atoms with Gasteiger partial charge in [-0.2, -0.15) is 0 Å². The fraction of sp³-hybridized carbons (Fsp3) is 0. The highest BCUT2D eigenvalue weighted by Crippen LogP contribution is 2.26. The van der Waals surface area contributed by atoms with Gasteiger partial charge in [-0.05, 0) is 34.1 Å². The first kappa shape index (κ1) is 15.1. The summed E-state index contributed by atoms with van der Waals surface area (Å²) in [5, 5.41) is -0.0892. The van der Waals surface area contributed by atoms with E-state index in [0.717, 1.165) is 0 Å². The van der Waals surface area contributed by atoms with E-state index < -0.39 is 26.6 Å². The second-order valence-electron chi connectivity index (χ2n) is 3.70. The summed E-state index contributed by atoms with van der Waals surface area (Å²) in [4.78, 5) is 3.19. The lowest BCUT2D eigenvalue weighted by Crippen LogP contribution is -2.14. The van der Waals surface area contributed by atoms with Gasteiger partial charge in [0.25, 0.3) is 10.0 Å². The molecule has 20 heavy (non-hydrogen) atoms.